The van der Waals surface area contributed by atoms with Crippen molar-refractivity contribution in [2.45, 2.75) is 5.16 Å². The fraction of sp³-hybridized carbons (Fsp3) is 0.0556. The third-order valence-electron chi connectivity index (χ3n) is 3.04. The maximum Gasteiger partial charge on any atom is 0.234 e. The highest BCUT2D eigenvalue weighted by Crippen LogP contribution is 2.21. The van der Waals surface area contributed by atoms with Gasteiger partial charge in [0.15, 0.2) is 10.9 Å². The first-order chi connectivity index (χ1) is 12.2. The zero-order valence-corrected chi connectivity index (χ0v) is 14.6. The van der Waals surface area contributed by atoms with Crippen molar-refractivity contribution in [1.82, 2.24) is 9.97 Å². The van der Waals surface area contributed by atoms with Crippen molar-refractivity contribution in [3.8, 4) is 11.5 Å². The molecule has 0 aliphatic heterocycles. The zero-order valence-electron chi connectivity index (χ0n) is 13.1. The van der Waals surface area contributed by atoms with E-state index in [0.717, 1.165) is 0 Å². The Bertz CT molecular complexity index is 827. The van der Waals surface area contributed by atoms with Gasteiger partial charge in [-0.3, -0.25) is 4.79 Å². The second-order valence-electron chi connectivity index (χ2n) is 4.96. The van der Waals surface area contributed by atoms with Gasteiger partial charge in [-0.2, -0.15) is 0 Å². The molecule has 0 spiro atoms. The lowest BCUT2D eigenvalue weighted by Crippen LogP contribution is -2.14. The molecule has 0 unspecified atom stereocenters. The number of thioether (sulfide) groups is 1. The summed E-state index contributed by atoms with van der Waals surface area (Å²) in [6.45, 7) is 0. The number of hydrogen-bond acceptors (Lipinski definition) is 5. The number of nitrogens with zero attached hydrogens (tertiary/aromatic N) is 2. The predicted octanol–water partition coefficient (Wildman–Crippen LogP) is 4.65. The minimum absolute atomic E-state index is 0.138. The summed E-state index contributed by atoms with van der Waals surface area (Å²) in [5, 5.41) is 3.91. The number of carbonyl (C=O) groups excluding carboxylic acids is 1. The van der Waals surface area contributed by atoms with Crippen LogP contribution in [0.4, 0.5) is 5.69 Å². The van der Waals surface area contributed by atoms with Crippen LogP contribution in [-0.4, -0.2) is 21.6 Å². The van der Waals surface area contributed by atoms with Gasteiger partial charge in [0, 0.05) is 10.7 Å². The summed E-state index contributed by atoms with van der Waals surface area (Å²) >= 11 is 7.06. The molecule has 3 aromatic rings. The van der Waals surface area contributed by atoms with Crippen molar-refractivity contribution in [3.05, 3.63) is 72.0 Å². The number of benzene rings is 2. The molecule has 0 atom stereocenters. The van der Waals surface area contributed by atoms with Crippen LogP contribution < -0.4 is 10.1 Å². The first-order valence-electron chi connectivity index (χ1n) is 7.42. The molecule has 1 heterocycles. The van der Waals surface area contributed by atoms with Gasteiger partial charge in [-0.25, -0.2) is 9.97 Å². The standard InChI is InChI=1S/C18H14ClN3O2S/c19-13-6-8-14(9-7-13)22-17(23)12-25-18-20-10-16(11-21-18)24-15-4-2-1-3-5-15/h1-11H,12H2,(H,22,23). The number of aromatic nitrogens is 2. The summed E-state index contributed by atoms with van der Waals surface area (Å²) in [5.74, 6) is 1.33. The molecule has 5 nitrogen and oxygen atoms in total. The Hall–Kier alpha value is -2.57. The highest BCUT2D eigenvalue weighted by Gasteiger charge is 2.06. The molecule has 3 rings (SSSR count). The Balaban J connectivity index is 1.49. The quantitative estimate of drug-likeness (QED) is 0.504. The zero-order chi connectivity index (χ0) is 17.5. The second kappa shape index (κ2) is 8.50. The van der Waals surface area contributed by atoms with Crippen molar-refractivity contribution in [2.24, 2.45) is 0 Å². The molecule has 0 radical (unpaired) electrons. The molecule has 0 aliphatic rings. The van der Waals surface area contributed by atoms with Gasteiger partial charge in [0.25, 0.3) is 0 Å². The number of halogens is 1. The van der Waals surface area contributed by atoms with E-state index in [4.69, 9.17) is 16.3 Å². The average Bonchev–Trinajstić information content (AvgIpc) is 2.64. The summed E-state index contributed by atoms with van der Waals surface area (Å²) in [6, 6.07) is 16.3. The molecule has 0 saturated carbocycles. The lowest BCUT2D eigenvalue weighted by Gasteiger charge is -2.06. The number of anilines is 1. The van der Waals surface area contributed by atoms with E-state index in [1.54, 1.807) is 36.7 Å². The molecule has 0 aliphatic carbocycles. The van der Waals surface area contributed by atoms with E-state index in [0.29, 0.717) is 27.4 Å². The van der Waals surface area contributed by atoms with Crippen molar-refractivity contribution in [1.29, 1.82) is 0 Å². The summed E-state index contributed by atoms with van der Waals surface area (Å²) in [7, 11) is 0. The first-order valence-corrected chi connectivity index (χ1v) is 8.78. The van der Waals surface area contributed by atoms with Crippen molar-refractivity contribution < 1.29 is 9.53 Å². The van der Waals surface area contributed by atoms with Crippen LogP contribution >= 0.6 is 23.4 Å². The molecule has 1 aromatic heterocycles. The Morgan fingerprint density at radius 2 is 1.68 bits per heavy atom. The SMILES string of the molecule is O=C(CSc1ncc(Oc2ccccc2)cn1)Nc1ccc(Cl)cc1. The summed E-state index contributed by atoms with van der Waals surface area (Å²) < 4.78 is 5.62. The molecule has 0 fully saturated rings. The van der Waals surface area contributed by atoms with Crippen LogP contribution in [-0.2, 0) is 4.79 Å². The van der Waals surface area contributed by atoms with Gasteiger partial charge in [0.1, 0.15) is 5.75 Å². The van der Waals surface area contributed by atoms with E-state index in [2.05, 4.69) is 15.3 Å². The Kier molecular flexibility index (Phi) is 5.87. The number of hydrogen-bond donors (Lipinski definition) is 1. The maximum atomic E-state index is 11.9. The molecular weight excluding hydrogens is 358 g/mol. The minimum atomic E-state index is -0.138. The smallest absolute Gasteiger partial charge is 0.234 e. The molecule has 7 heteroatoms. The average molecular weight is 372 g/mol. The Morgan fingerprint density at radius 3 is 2.36 bits per heavy atom. The highest BCUT2D eigenvalue weighted by molar-refractivity contribution is 7.99. The van der Waals surface area contributed by atoms with Crippen LogP contribution in [0, 0.1) is 0 Å². The van der Waals surface area contributed by atoms with Crippen molar-refractivity contribution in [3.63, 3.8) is 0 Å². The first kappa shape index (κ1) is 17.3. The lowest BCUT2D eigenvalue weighted by molar-refractivity contribution is -0.113. The van der Waals surface area contributed by atoms with Crippen molar-refractivity contribution >= 4 is 35.0 Å². The van der Waals surface area contributed by atoms with E-state index < -0.39 is 0 Å². The third-order valence-corrected chi connectivity index (χ3v) is 4.17. The van der Waals surface area contributed by atoms with Crippen LogP contribution in [0.5, 0.6) is 11.5 Å². The van der Waals surface area contributed by atoms with E-state index >= 15 is 0 Å². The van der Waals surface area contributed by atoms with Crippen LogP contribution in [0.2, 0.25) is 5.02 Å². The molecule has 0 bridgehead atoms. The van der Waals surface area contributed by atoms with Gasteiger partial charge in [0.2, 0.25) is 5.91 Å². The van der Waals surface area contributed by atoms with Gasteiger partial charge >= 0.3 is 0 Å². The van der Waals surface area contributed by atoms with Gasteiger partial charge in [-0.1, -0.05) is 41.6 Å². The normalized spacial score (nSPS) is 10.3. The lowest BCUT2D eigenvalue weighted by atomic mass is 10.3. The van der Waals surface area contributed by atoms with Gasteiger partial charge < -0.3 is 10.1 Å². The Morgan fingerprint density at radius 1 is 1.00 bits per heavy atom. The summed E-state index contributed by atoms with van der Waals surface area (Å²) in [6.07, 6.45) is 3.17. The summed E-state index contributed by atoms with van der Waals surface area (Å²) in [4.78, 5) is 20.3. The molecule has 2 aromatic carbocycles. The largest absolute Gasteiger partial charge is 0.454 e. The van der Waals surface area contributed by atoms with Crippen LogP contribution in [0.25, 0.3) is 0 Å². The highest BCUT2D eigenvalue weighted by atomic mass is 35.5. The van der Waals surface area contributed by atoms with Crippen LogP contribution in [0.3, 0.4) is 0 Å². The topological polar surface area (TPSA) is 64.1 Å². The fourth-order valence-corrected chi connectivity index (χ4v) is 2.63. The number of carbonyl (C=O) groups is 1. The molecule has 1 N–H and O–H groups in total. The molecule has 25 heavy (non-hydrogen) atoms. The van der Waals surface area contributed by atoms with E-state index in [9.17, 15) is 4.79 Å². The number of nitrogens with one attached hydrogen (secondary N) is 1. The van der Waals surface area contributed by atoms with Gasteiger partial charge in [-0.15, -0.1) is 0 Å². The van der Waals surface area contributed by atoms with E-state index in [1.807, 2.05) is 30.3 Å². The van der Waals surface area contributed by atoms with Gasteiger partial charge in [0.05, 0.1) is 18.1 Å². The third kappa shape index (κ3) is 5.48. The second-order valence-corrected chi connectivity index (χ2v) is 6.34. The number of para-hydroxylation sites is 1. The van der Waals surface area contributed by atoms with Crippen LogP contribution in [0.15, 0.2) is 72.1 Å². The van der Waals surface area contributed by atoms with E-state index in [1.165, 1.54) is 11.8 Å². The monoisotopic (exact) mass is 371 g/mol. The predicted molar refractivity (Wildman–Crippen MR) is 99.4 cm³/mol. The van der Waals surface area contributed by atoms with E-state index in [-0.39, 0.29) is 11.7 Å². The molecule has 126 valence electrons. The van der Waals surface area contributed by atoms with Crippen molar-refractivity contribution in [2.75, 3.05) is 11.1 Å². The number of rotatable bonds is 6. The molecule has 1 amide bonds. The maximum absolute atomic E-state index is 11.9. The molecular formula is C18H14ClN3O2S. The number of amides is 1. The number of ether oxygens (including phenoxy) is 1. The molecule has 0 saturated heterocycles. The Labute approximate surface area is 154 Å². The van der Waals surface area contributed by atoms with Crippen LogP contribution in [0.1, 0.15) is 0 Å². The minimum Gasteiger partial charge on any atom is -0.454 e. The van der Waals surface area contributed by atoms with Gasteiger partial charge in [-0.05, 0) is 36.4 Å². The fourth-order valence-electron chi connectivity index (χ4n) is 1.92. The summed E-state index contributed by atoms with van der Waals surface area (Å²) in [5.41, 5.74) is 0.697.